The van der Waals surface area contributed by atoms with Crippen molar-refractivity contribution in [3.05, 3.63) is 70.8 Å². The highest BCUT2D eigenvalue weighted by molar-refractivity contribution is 5.94. The lowest BCUT2D eigenvalue weighted by Crippen LogP contribution is -2.34. The van der Waals surface area contributed by atoms with Crippen LogP contribution in [0.4, 0.5) is 0 Å². The third-order valence-corrected chi connectivity index (χ3v) is 5.61. The number of hydrogen-bond acceptors (Lipinski definition) is 3. The Morgan fingerprint density at radius 2 is 1.72 bits per heavy atom. The van der Waals surface area contributed by atoms with E-state index < -0.39 is 0 Å². The van der Waals surface area contributed by atoms with Gasteiger partial charge in [-0.1, -0.05) is 43.3 Å². The Balaban J connectivity index is 1.58. The predicted octanol–water partition coefficient (Wildman–Crippen LogP) is 3.40. The van der Waals surface area contributed by atoms with Gasteiger partial charge in [-0.3, -0.25) is 9.59 Å². The van der Waals surface area contributed by atoms with Crippen molar-refractivity contribution < 1.29 is 9.59 Å². The first kappa shape index (κ1) is 21.1. The van der Waals surface area contributed by atoms with Crippen LogP contribution >= 0.6 is 0 Å². The molecule has 1 unspecified atom stereocenters. The van der Waals surface area contributed by atoms with Crippen molar-refractivity contribution in [2.24, 2.45) is 0 Å². The molecule has 2 amide bonds. The number of nitrogens with zero attached hydrogens (tertiary/aromatic N) is 2. The number of likely N-dealkylation sites (tertiary alicyclic amines) is 1. The summed E-state index contributed by atoms with van der Waals surface area (Å²) in [5, 5.41) is 3.06. The summed E-state index contributed by atoms with van der Waals surface area (Å²) in [6, 6.07) is 16.3. The standard InChI is InChI=1S/C24H31N3O2/c1-4-18-7-11-20(12-8-18)22(26(2)3)16-25-24(29)21-13-9-19(10-14-21)17-27-15-5-6-23(27)28/h7-14,22H,4-6,15-17H2,1-3H3,(H,25,29). The molecule has 0 aromatic heterocycles. The van der Waals surface area contributed by atoms with Crippen molar-refractivity contribution in [2.75, 3.05) is 27.2 Å². The highest BCUT2D eigenvalue weighted by atomic mass is 16.2. The van der Waals surface area contributed by atoms with Crippen LogP contribution in [-0.4, -0.2) is 48.8 Å². The van der Waals surface area contributed by atoms with Gasteiger partial charge in [-0.25, -0.2) is 0 Å². The first-order valence-electron chi connectivity index (χ1n) is 10.4. The molecule has 5 nitrogen and oxygen atoms in total. The molecule has 2 aromatic carbocycles. The van der Waals surface area contributed by atoms with Crippen LogP contribution < -0.4 is 5.32 Å². The first-order chi connectivity index (χ1) is 14.0. The number of rotatable bonds is 8. The van der Waals surface area contributed by atoms with E-state index in [0.717, 1.165) is 24.9 Å². The summed E-state index contributed by atoms with van der Waals surface area (Å²) >= 11 is 0. The van der Waals surface area contributed by atoms with Crippen molar-refractivity contribution in [3.63, 3.8) is 0 Å². The van der Waals surface area contributed by atoms with Crippen LogP contribution in [0.3, 0.4) is 0 Å². The number of carbonyl (C=O) groups excluding carboxylic acids is 2. The molecule has 1 heterocycles. The Bertz CT molecular complexity index is 828. The number of carbonyl (C=O) groups is 2. The lowest BCUT2D eigenvalue weighted by Gasteiger charge is -2.25. The summed E-state index contributed by atoms with van der Waals surface area (Å²) in [5.74, 6) is 0.138. The third-order valence-electron chi connectivity index (χ3n) is 5.61. The van der Waals surface area contributed by atoms with E-state index in [9.17, 15) is 9.59 Å². The number of amides is 2. The molecule has 3 rings (SSSR count). The second-order valence-corrected chi connectivity index (χ2v) is 7.90. The molecule has 0 spiro atoms. The number of likely N-dealkylation sites (N-methyl/N-ethyl adjacent to an activating group) is 1. The van der Waals surface area contributed by atoms with Gasteiger partial charge < -0.3 is 15.1 Å². The minimum absolute atomic E-state index is 0.0779. The van der Waals surface area contributed by atoms with E-state index in [0.29, 0.717) is 25.1 Å². The monoisotopic (exact) mass is 393 g/mol. The van der Waals surface area contributed by atoms with Gasteiger partial charge in [0.1, 0.15) is 0 Å². The fourth-order valence-corrected chi connectivity index (χ4v) is 3.72. The van der Waals surface area contributed by atoms with Gasteiger partial charge in [0.2, 0.25) is 5.91 Å². The Hall–Kier alpha value is -2.66. The van der Waals surface area contributed by atoms with Crippen LogP contribution in [-0.2, 0) is 17.8 Å². The molecule has 0 saturated carbocycles. The molecule has 1 aliphatic rings. The van der Waals surface area contributed by atoms with E-state index in [-0.39, 0.29) is 17.9 Å². The normalized spacial score (nSPS) is 15.0. The minimum atomic E-state index is -0.0779. The molecule has 5 heteroatoms. The third kappa shape index (κ3) is 5.45. The van der Waals surface area contributed by atoms with Crippen molar-refractivity contribution in [1.82, 2.24) is 15.1 Å². The van der Waals surface area contributed by atoms with E-state index in [1.807, 2.05) is 43.3 Å². The Kier molecular flexibility index (Phi) is 7.04. The van der Waals surface area contributed by atoms with Crippen LogP contribution in [0, 0.1) is 0 Å². The summed E-state index contributed by atoms with van der Waals surface area (Å²) in [7, 11) is 4.05. The zero-order chi connectivity index (χ0) is 20.8. The lowest BCUT2D eigenvalue weighted by atomic mass is 10.0. The Morgan fingerprint density at radius 3 is 2.28 bits per heavy atom. The van der Waals surface area contributed by atoms with Crippen molar-refractivity contribution >= 4 is 11.8 Å². The molecule has 1 atom stereocenters. The topological polar surface area (TPSA) is 52.7 Å². The van der Waals surface area contributed by atoms with E-state index >= 15 is 0 Å². The number of benzene rings is 2. The molecule has 1 N–H and O–H groups in total. The number of hydrogen-bond donors (Lipinski definition) is 1. The van der Waals surface area contributed by atoms with Gasteiger partial charge in [-0.15, -0.1) is 0 Å². The molecular weight excluding hydrogens is 362 g/mol. The molecule has 1 saturated heterocycles. The largest absolute Gasteiger partial charge is 0.350 e. The Morgan fingerprint density at radius 1 is 1.07 bits per heavy atom. The van der Waals surface area contributed by atoms with Crippen molar-refractivity contribution in [2.45, 2.75) is 38.8 Å². The fraction of sp³-hybridized carbons (Fsp3) is 0.417. The van der Waals surface area contributed by atoms with E-state index in [4.69, 9.17) is 0 Å². The highest BCUT2D eigenvalue weighted by Crippen LogP contribution is 2.19. The molecule has 29 heavy (non-hydrogen) atoms. The number of nitrogens with one attached hydrogen (secondary N) is 1. The summed E-state index contributed by atoms with van der Waals surface area (Å²) in [5.41, 5.74) is 4.20. The fourth-order valence-electron chi connectivity index (χ4n) is 3.72. The van der Waals surface area contributed by atoms with E-state index in [2.05, 4.69) is 41.4 Å². The predicted molar refractivity (Wildman–Crippen MR) is 116 cm³/mol. The molecule has 0 aliphatic carbocycles. The second-order valence-electron chi connectivity index (χ2n) is 7.90. The van der Waals surface area contributed by atoms with Gasteiger partial charge in [-0.05, 0) is 55.8 Å². The highest BCUT2D eigenvalue weighted by Gasteiger charge is 2.20. The molecular formula is C24H31N3O2. The zero-order valence-electron chi connectivity index (χ0n) is 17.6. The lowest BCUT2D eigenvalue weighted by molar-refractivity contribution is -0.128. The van der Waals surface area contributed by atoms with Gasteiger partial charge in [0.05, 0.1) is 6.04 Å². The van der Waals surface area contributed by atoms with Gasteiger partial charge >= 0.3 is 0 Å². The maximum absolute atomic E-state index is 12.6. The molecule has 0 bridgehead atoms. The van der Waals surface area contributed by atoms with Crippen LogP contribution in [0.5, 0.6) is 0 Å². The van der Waals surface area contributed by atoms with Crippen molar-refractivity contribution in [3.8, 4) is 0 Å². The van der Waals surface area contributed by atoms with Gasteiger partial charge in [0, 0.05) is 31.6 Å². The quantitative estimate of drug-likeness (QED) is 0.748. The second kappa shape index (κ2) is 9.70. The van der Waals surface area contributed by atoms with Crippen LogP contribution in [0.1, 0.15) is 52.9 Å². The van der Waals surface area contributed by atoms with E-state index in [1.54, 1.807) is 0 Å². The van der Waals surface area contributed by atoms with Gasteiger partial charge in [-0.2, -0.15) is 0 Å². The summed E-state index contributed by atoms with van der Waals surface area (Å²) in [6.07, 6.45) is 2.60. The van der Waals surface area contributed by atoms with Crippen LogP contribution in [0.25, 0.3) is 0 Å². The zero-order valence-corrected chi connectivity index (χ0v) is 17.6. The maximum atomic E-state index is 12.6. The summed E-state index contributed by atoms with van der Waals surface area (Å²) < 4.78 is 0. The molecule has 0 radical (unpaired) electrons. The van der Waals surface area contributed by atoms with Crippen LogP contribution in [0.2, 0.25) is 0 Å². The first-order valence-corrected chi connectivity index (χ1v) is 10.4. The average molecular weight is 394 g/mol. The smallest absolute Gasteiger partial charge is 0.251 e. The molecule has 1 fully saturated rings. The van der Waals surface area contributed by atoms with Crippen LogP contribution in [0.15, 0.2) is 48.5 Å². The molecule has 154 valence electrons. The molecule has 2 aromatic rings. The molecule has 1 aliphatic heterocycles. The minimum Gasteiger partial charge on any atom is -0.350 e. The van der Waals surface area contributed by atoms with E-state index in [1.165, 1.54) is 11.1 Å². The maximum Gasteiger partial charge on any atom is 0.251 e. The van der Waals surface area contributed by atoms with Gasteiger partial charge in [0.25, 0.3) is 5.91 Å². The van der Waals surface area contributed by atoms with Crippen molar-refractivity contribution in [1.29, 1.82) is 0 Å². The summed E-state index contributed by atoms with van der Waals surface area (Å²) in [6.45, 7) is 4.14. The Labute approximate surface area is 173 Å². The average Bonchev–Trinajstić information content (AvgIpc) is 3.13. The van der Waals surface area contributed by atoms with Gasteiger partial charge in [0.15, 0.2) is 0 Å². The SMILES string of the molecule is CCc1ccc(C(CNC(=O)c2ccc(CN3CCCC3=O)cc2)N(C)C)cc1. The summed E-state index contributed by atoms with van der Waals surface area (Å²) in [4.78, 5) is 28.4. The number of aryl methyl sites for hydroxylation is 1.